The van der Waals surface area contributed by atoms with Crippen molar-refractivity contribution in [2.24, 2.45) is 0 Å². The summed E-state index contributed by atoms with van der Waals surface area (Å²) in [4.78, 5) is 18.8. The van der Waals surface area contributed by atoms with Gasteiger partial charge in [-0.2, -0.15) is 0 Å². The van der Waals surface area contributed by atoms with E-state index >= 15 is 0 Å². The monoisotopic (exact) mass is 300 g/mol. The van der Waals surface area contributed by atoms with Crippen LogP contribution >= 0.6 is 11.6 Å². The maximum atomic E-state index is 11.1. The highest BCUT2D eigenvalue weighted by atomic mass is 35.5. The number of aromatic nitrogens is 2. The average Bonchev–Trinajstić information content (AvgIpc) is 2.89. The topological polar surface area (TPSA) is 66.0 Å². The molecular formula is C16H13ClN2O2. The molecule has 2 N–H and O–H groups in total. The first-order chi connectivity index (χ1) is 10.0. The number of fused-ring (bicyclic) bond motifs is 1. The first kappa shape index (κ1) is 13.6. The second kappa shape index (κ2) is 5.22. The number of hydrogen-bond donors (Lipinski definition) is 2. The molecule has 0 amide bonds. The molecule has 0 spiro atoms. The number of carboxylic acid groups (broad SMARTS) is 1. The summed E-state index contributed by atoms with van der Waals surface area (Å²) in [6.07, 6.45) is 0. The number of hydrogen-bond acceptors (Lipinski definition) is 2. The van der Waals surface area contributed by atoms with Crippen LogP contribution in [0.3, 0.4) is 0 Å². The van der Waals surface area contributed by atoms with Crippen molar-refractivity contribution in [1.82, 2.24) is 9.97 Å². The molecule has 1 heterocycles. The molecule has 0 unspecified atom stereocenters. The number of carbonyl (C=O) groups is 1. The smallest absolute Gasteiger partial charge is 0.310 e. The van der Waals surface area contributed by atoms with Crippen molar-refractivity contribution in [3.8, 4) is 11.4 Å². The average molecular weight is 301 g/mol. The summed E-state index contributed by atoms with van der Waals surface area (Å²) in [6.45, 7) is 1.67. The first-order valence-electron chi connectivity index (χ1n) is 6.53. The molecule has 4 nitrogen and oxygen atoms in total. The Labute approximate surface area is 126 Å². The highest BCUT2D eigenvalue weighted by Gasteiger charge is 2.15. The Morgan fingerprint density at radius 3 is 2.62 bits per heavy atom. The Balaban J connectivity index is 2.04. The van der Waals surface area contributed by atoms with Gasteiger partial charge in [-0.1, -0.05) is 17.7 Å². The van der Waals surface area contributed by atoms with Gasteiger partial charge in [0.25, 0.3) is 0 Å². The Kier molecular flexibility index (Phi) is 3.39. The quantitative estimate of drug-likeness (QED) is 0.766. The largest absolute Gasteiger partial charge is 0.481 e. The SMILES string of the molecule is C[C@H](C(=O)O)c1ccc2nc(-c3ccc(Cl)cc3)[nH]c2c1. The molecule has 0 saturated carbocycles. The lowest BCUT2D eigenvalue weighted by molar-refractivity contribution is -0.138. The Hall–Kier alpha value is -2.33. The fourth-order valence-electron chi connectivity index (χ4n) is 2.18. The van der Waals surface area contributed by atoms with E-state index in [4.69, 9.17) is 16.7 Å². The molecule has 2 aromatic carbocycles. The molecule has 0 radical (unpaired) electrons. The van der Waals surface area contributed by atoms with Crippen LogP contribution in [0.15, 0.2) is 42.5 Å². The maximum absolute atomic E-state index is 11.1. The van der Waals surface area contributed by atoms with E-state index in [1.54, 1.807) is 13.0 Å². The van der Waals surface area contributed by atoms with Crippen molar-refractivity contribution in [3.05, 3.63) is 53.1 Å². The zero-order valence-electron chi connectivity index (χ0n) is 11.3. The molecule has 0 fully saturated rings. The van der Waals surface area contributed by atoms with Gasteiger partial charge in [0, 0.05) is 10.6 Å². The summed E-state index contributed by atoms with van der Waals surface area (Å²) < 4.78 is 0. The zero-order chi connectivity index (χ0) is 15.0. The predicted octanol–water partition coefficient (Wildman–Crippen LogP) is 4.07. The van der Waals surface area contributed by atoms with Gasteiger partial charge < -0.3 is 10.1 Å². The van der Waals surface area contributed by atoms with E-state index in [1.807, 2.05) is 36.4 Å². The molecule has 3 aromatic rings. The van der Waals surface area contributed by atoms with Gasteiger partial charge in [0.2, 0.25) is 0 Å². The minimum atomic E-state index is -0.841. The number of aromatic amines is 1. The third-order valence-electron chi connectivity index (χ3n) is 3.49. The van der Waals surface area contributed by atoms with E-state index in [-0.39, 0.29) is 0 Å². The van der Waals surface area contributed by atoms with Crippen molar-refractivity contribution in [2.75, 3.05) is 0 Å². The lowest BCUT2D eigenvalue weighted by Gasteiger charge is -2.05. The van der Waals surface area contributed by atoms with Crippen LogP contribution in [0.2, 0.25) is 5.02 Å². The summed E-state index contributed by atoms with van der Waals surface area (Å²) in [7, 11) is 0. The number of aliphatic carboxylic acids is 1. The number of H-pyrrole nitrogens is 1. The third-order valence-corrected chi connectivity index (χ3v) is 3.75. The molecule has 0 aliphatic heterocycles. The molecular weight excluding hydrogens is 288 g/mol. The maximum Gasteiger partial charge on any atom is 0.310 e. The van der Waals surface area contributed by atoms with E-state index < -0.39 is 11.9 Å². The standard InChI is InChI=1S/C16H13ClN2O2/c1-9(16(20)21)11-4-7-13-14(8-11)19-15(18-13)10-2-5-12(17)6-3-10/h2-9H,1H3,(H,18,19)(H,20,21)/t9-/m0/s1. The lowest BCUT2D eigenvalue weighted by Crippen LogP contribution is -2.06. The summed E-state index contributed by atoms with van der Waals surface area (Å²) in [5.74, 6) is -0.648. The van der Waals surface area contributed by atoms with Gasteiger partial charge in [0.05, 0.1) is 17.0 Å². The number of nitrogens with zero attached hydrogens (tertiary/aromatic N) is 1. The summed E-state index contributed by atoms with van der Waals surface area (Å²) in [5.41, 5.74) is 3.32. The molecule has 1 aromatic heterocycles. The van der Waals surface area contributed by atoms with Gasteiger partial charge in [-0.15, -0.1) is 0 Å². The molecule has 5 heteroatoms. The van der Waals surface area contributed by atoms with E-state index in [1.165, 1.54) is 0 Å². The normalized spacial score (nSPS) is 12.5. The van der Waals surface area contributed by atoms with Gasteiger partial charge in [-0.05, 0) is 48.9 Å². The van der Waals surface area contributed by atoms with Crippen LogP contribution < -0.4 is 0 Å². The second-order valence-corrected chi connectivity index (χ2v) is 5.37. The summed E-state index contributed by atoms with van der Waals surface area (Å²) >= 11 is 5.88. The second-order valence-electron chi connectivity index (χ2n) is 4.93. The Morgan fingerprint density at radius 1 is 1.24 bits per heavy atom. The number of benzene rings is 2. The lowest BCUT2D eigenvalue weighted by atomic mass is 10.0. The van der Waals surface area contributed by atoms with Gasteiger partial charge in [0.1, 0.15) is 5.82 Å². The van der Waals surface area contributed by atoms with Crippen LogP contribution in [0.25, 0.3) is 22.4 Å². The van der Waals surface area contributed by atoms with Crippen molar-refractivity contribution < 1.29 is 9.90 Å². The van der Waals surface area contributed by atoms with Gasteiger partial charge in [-0.3, -0.25) is 4.79 Å². The van der Waals surface area contributed by atoms with Gasteiger partial charge in [-0.25, -0.2) is 4.98 Å². The van der Waals surface area contributed by atoms with Crippen LogP contribution in [-0.4, -0.2) is 21.0 Å². The van der Waals surface area contributed by atoms with Crippen molar-refractivity contribution in [2.45, 2.75) is 12.8 Å². The van der Waals surface area contributed by atoms with Crippen LogP contribution in [0.5, 0.6) is 0 Å². The molecule has 3 rings (SSSR count). The van der Waals surface area contributed by atoms with Crippen LogP contribution in [0, 0.1) is 0 Å². The predicted molar refractivity (Wildman–Crippen MR) is 82.6 cm³/mol. The Morgan fingerprint density at radius 2 is 1.95 bits per heavy atom. The van der Waals surface area contributed by atoms with E-state index in [9.17, 15) is 4.79 Å². The van der Waals surface area contributed by atoms with E-state index in [0.29, 0.717) is 5.02 Å². The van der Waals surface area contributed by atoms with E-state index in [0.717, 1.165) is 28.0 Å². The van der Waals surface area contributed by atoms with Gasteiger partial charge in [0.15, 0.2) is 0 Å². The molecule has 0 aliphatic rings. The third kappa shape index (κ3) is 2.62. The molecule has 0 bridgehead atoms. The van der Waals surface area contributed by atoms with Crippen LogP contribution in [0.4, 0.5) is 0 Å². The number of rotatable bonds is 3. The number of carboxylic acids is 1. The molecule has 106 valence electrons. The van der Waals surface area contributed by atoms with Gasteiger partial charge >= 0.3 is 5.97 Å². The first-order valence-corrected chi connectivity index (χ1v) is 6.91. The minimum Gasteiger partial charge on any atom is -0.481 e. The fourth-order valence-corrected chi connectivity index (χ4v) is 2.31. The summed E-state index contributed by atoms with van der Waals surface area (Å²) in [5, 5.41) is 9.75. The van der Waals surface area contributed by atoms with E-state index in [2.05, 4.69) is 9.97 Å². The fraction of sp³-hybridized carbons (Fsp3) is 0.125. The summed E-state index contributed by atoms with van der Waals surface area (Å²) in [6, 6.07) is 12.9. The van der Waals surface area contributed by atoms with Crippen molar-refractivity contribution in [1.29, 1.82) is 0 Å². The highest BCUT2D eigenvalue weighted by Crippen LogP contribution is 2.25. The van der Waals surface area contributed by atoms with Crippen LogP contribution in [0.1, 0.15) is 18.4 Å². The number of halogens is 1. The van der Waals surface area contributed by atoms with Crippen LogP contribution in [-0.2, 0) is 4.79 Å². The minimum absolute atomic E-state index is 0.545. The molecule has 0 saturated heterocycles. The Bertz CT molecular complexity index is 809. The van der Waals surface area contributed by atoms with Crippen molar-refractivity contribution >= 4 is 28.6 Å². The molecule has 1 atom stereocenters. The zero-order valence-corrected chi connectivity index (χ0v) is 12.1. The highest BCUT2D eigenvalue weighted by molar-refractivity contribution is 6.30. The van der Waals surface area contributed by atoms with Crippen molar-refractivity contribution in [3.63, 3.8) is 0 Å². The number of imidazole rings is 1. The number of nitrogens with one attached hydrogen (secondary N) is 1. The molecule has 21 heavy (non-hydrogen) atoms. The molecule has 0 aliphatic carbocycles.